The molecule has 0 amide bonds. The highest BCUT2D eigenvalue weighted by Crippen LogP contribution is 2.66. The summed E-state index contributed by atoms with van der Waals surface area (Å²) in [5.74, 6) is -0.0436. The Labute approximate surface area is 136 Å². The van der Waals surface area contributed by atoms with Crippen LogP contribution >= 0.6 is 0 Å². The molecule has 6 atom stereocenters. The van der Waals surface area contributed by atoms with Gasteiger partial charge in [0, 0.05) is 13.3 Å². The Morgan fingerprint density at radius 3 is 2.61 bits per heavy atom. The lowest BCUT2D eigenvalue weighted by Crippen LogP contribution is -2.50. The first kappa shape index (κ1) is 15.2. The molecule has 23 heavy (non-hydrogen) atoms. The third-order valence-electron chi connectivity index (χ3n) is 7.05. The predicted molar refractivity (Wildman–Crippen MR) is 80.2 cm³/mol. The van der Waals surface area contributed by atoms with Crippen LogP contribution in [0.15, 0.2) is 0 Å². The Bertz CT molecular complexity index is 592. The number of hydrogen-bond donors (Lipinski definition) is 0. The standard InChI is InChI=1S/C18H24O5/c1-9-8-12-14(18(6-7-18)16(21)23-12)15(22-10(2)19)17(3)11(9)4-5-13(17)20/h9,11-12,14-15H,4-8H2,1-3H3/t9-,11+,12-,14-,15+,17+/m1/s1. The zero-order valence-corrected chi connectivity index (χ0v) is 14.0. The van der Waals surface area contributed by atoms with E-state index in [1.807, 2.05) is 6.92 Å². The van der Waals surface area contributed by atoms with Crippen LogP contribution in [0.1, 0.15) is 52.9 Å². The Morgan fingerprint density at radius 1 is 1.30 bits per heavy atom. The maximum atomic E-state index is 12.8. The Kier molecular flexibility index (Phi) is 3.02. The van der Waals surface area contributed by atoms with E-state index < -0.39 is 16.9 Å². The lowest BCUT2D eigenvalue weighted by molar-refractivity contribution is -0.166. The molecule has 5 heteroatoms. The minimum absolute atomic E-state index is 0.149. The summed E-state index contributed by atoms with van der Waals surface area (Å²) in [4.78, 5) is 37.0. The van der Waals surface area contributed by atoms with Gasteiger partial charge >= 0.3 is 11.9 Å². The minimum atomic E-state index is -0.686. The van der Waals surface area contributed by atoms with E-state index in [1.54, 1.807) is 0 Å². The predicted octanol–water partition coefficient (Wildman–Crippen LogP) is 2.27. The summed E-state index contributed by atoms with van der Waals surface area (Å²) in [6, 6.07) is 0. The molecule has 0 aromatic heterocycles. The third kappa shape index (κ3) is 1.82. The first-order valence-electron chi connectivity index (χ1n) is 8.72. The maximum Gasteiger partial charge on any atom is 0.312 e. The molecule has 0 aromatic carbocycles. The van der Waals surface area contributed by atoms with Crippen LogP contribution in [0.5, 0.6) is 0 Å². The van der Waals surface area contributed by atoms with Crippen molar-refractivity contribution in [1.29, 1.82) is 0 Å². The van der Waals surface area contributed by atoms with Gasteiger partial charge in [-0.05, 0) is 44.4 Å². The topological polar surface area (TPSA) is 69.7 Å². The number of carbonyl (C=O) groups excluding carboxylic acids is 3. The lowest BCUT2D eigenvalue weighted by atomic mass is 9.66. The normalized spacial score (nSPS) is 46.8. The number of esters is 2. The molecule has 3 aliphatic carbocycles. The molecule has 0 bridgehead atoms. The van der Waals surface area contributed by atoms with Gasteiger partial charge in [0.2, 0.25) is 0 Å². The Hall–Kier alpha value is -1.39. The number of carbonyl (C=O) groups is 3. The summed E-state index contributed by atoms with van der Waals surface area (Å²) in [6.45, 7) is 5.48. The van der Waals surface area contributed by atoms with Crippen molar-refractivity contribution in [2.75, 3.05) is 0 Å². The van der Waals surface area contributed by atoms with Crippen LogP contribution in [0.4, 0.5) is 0 Å². The summed E-state index contributed by atoms with van der Waals surface area (Å²) >= 11 is 0. The molecule has 4 aliphatic rings. The number of fused-ring (bicyclic) bond motifs is 3. The van der Waals surface area contributed by atoms with Gasteiger partial charge in [-0.3, -0.25) is 14.4 Å². The van der Waals surface area contributed by atoms with Crippen molar-refractivity contribution in [3.05, 3.63) is 0 Å². The van der Waals surface area contributed by atoms with Crippen LogP contribution in [-0.4, -0.2) is 29.9 Å². The number of ketones is 1. The van der Waals surface area contributed by atoms with Crippen molar-refractivity contribution in [2.24, 2.45) is 28.6 Å². The van der Waals surface area contributed by atoms with Gasteiger partial charge < -0.3 is 9.47 Å². The Morgan fingerprint density at radius 2 is 2.00 bits per heavy atom. The third-order valence-corrected chi connectivity index (χ3v) is 7.05. The zero-order valence-electron chi connectivity index (χ0n) is 14.0. The fourth-order valence-electron chi connectivity index (χ4n) is 5.76. The van der Waals surface area contributed by atoms with Crippen molar-refractivity contribution < 1.29 is 23.9 Å². The minimum Gasteiger partial charge on any atom is -0.461 e. The average molecular weight is 320 g/mol. The van der Waals surface area contributed by atoms with Gasteiger partial charge in [-0.1, -0.05) is 6.92 Å². The van der Waals surface area contributed by atoms with Gasteiger partial charge in [0.1, 0.15) is 18.0 Å². The van der Waals surface area contributed by atoms with Gasteiger partial charge in [-0.2, -0.15) is 0 Å². The van der Waals surface area contributed by atoms with E-state index in [0.29, 0.717) is 6.42 Å². The zero-order chi connectivity index (χ0) is 16.6. The smallest absolute Gasteiger partial charge is 0.312 e. The molecule has 0 radical (unpaired) electrons. The van der Waals surface area contributed by atoms with Crippen LogP contribution in [0.2, 0.25) is 0 Å². The monoisotopic (exact) mass is 320 g/mol. The molecular weight excluding hydrogens is 296 g/mol. The summed E-state index contributed by atoms with van der Waals surface area (Å²) in [5.41, 5.74) is -1.20. The fourth-order valence-corrected chi connectivity index (χ4v) is 5.76. The van der Waals surface area contributed by atoms with E-state index in [1.165, 1.54) is 6.92 Å². The molecule has 0 unspecified atom stereocenters. The lowest BCUT2D eigenvalue weighted by Gasteiger charge is -2.40. The molecule has 1 saturated heterocycles. The molecule has 1 heterocycles. The van der Waals surface area contributed by atoms with E-state index in [9.17, 15) is 14.4 Å². The number of Topliss-reactive ketones (excluding diaryl/α,β-unsaturated/α-hetero) is 1. The van der Waals surface area contributed by atoms with Gasteiger partial charge in [0.05, 0.1) is 16.7 Å². The summed E-state index contributed by atoms with van der Waals surface area (Å²) in [7, 11) is 0. The first-order valence-corrected chi connectivity index (χ1v) is 8.72. The average Bonchev–Trinajstić information content (AvgIpc) is 3.15. The van der Waals surface area contributed by atoms with Gasteiger partial charge in [0.15, 0.2) is 0 Å². The molecule has 4 rings (SSSR count). The highest BCUT2D eigenvalue weighted by molar-refractivity contribution is 5.89. The molecule has 126 valence electrons. The summed E-state index contributed by atoms with van der Waals surface area (Å²) in [5, 5.41) is 0. The highest BCUT2D eigenvalue weighted by atomic mass is 16.6. The van der Waals surface area contributed by atoms with E-state index in [2.05, 4.69) is 6.92 Å². The molecular formula is C18H24O5. The molecule has 0 aromatic rings. The van der Waals surface area contributed by atoms with Gasteiger partial charge in [0.25, 0.3) is 0 Å². The molecule has 1 aliphatic heterocycles. The van der Waals surface area contributed by atoms with Crippen molar-refractivity contribution >= 4 is 17.7 Å². The van der Waals surface area contributed by atoms with Crippen LogP contribution < -0.4 is 0 Å². The van der Waals surface area contributed by atoms with Crippen LogP contribution in [0.3, 0.4) is 0 Å². The molecule has 4 fully saturated rings. The van der Waals surface area contributed by atoms with E-state index in [0.717, 1.165) is 25.7 Å². The Balaban J connectivity index is 1.84. The molecule has 5 nitrogen and oxygen atoms in total. The second-order valence-electron chi connectivity index (χ2n) is 8.22. The van der Waals surface area contributed by atoms with Crippen molar-refractivity contribution in [3.63, 3.8) is 0 Å². The van der Waals surface area contributed by atoms with Gasteiger partial charge in [-0.25, -0.2) is 0 Å². The molecule has 0 N–H and O–H groups in total. The second-order valence-corrected chi connectivity index (χ2v) is 8.22. The quantitative estimate of drug-likeness (QED) is 0.693. The number of rotatable bonds is 1. The highest BCUT2D eigenvalue weighted by Gasteiger charge is 2.73. The largest absolute Gasteiger partial charge is 0.461 e. The van der Waals surface area contributed by atoms with E-state index in [-0.39, 0.29) is 41.6 Å². The summed E-state index contributed by atoms with van der Waals surface area (Å²) < 4.78 is 11.5. The fraction of sp³-hybridized carbons (Fsp3) is 0.833. The first-order chi connectivity index (χ1) is 10.8. The van der Waals surface area contributed by atoms with E-state index >= 15 is 0 Å². The van der Waals surface area contributed by atoms with Crippen LogP contribution in [0, 0.1) is 28.6 Å². The van der Waals surface area contributed by atoms with Crippen LogP contribution in [-0.2, 0) is 23.9 Å². The number of hydrogen-bond acceptors (Lipinski definition) is 5. The SMILES string of the molecule is CC(=O)O[C@H]1[C@H]2[C@@H](C[C@@H](C)[C@@H]3CCC(=O)[C@]31C)OC(=O)C21CC1. The van der Waals surface area contributed by atoms with E-state index in [4.69, 9.17) is 9.47 Å². The summed E-state index contributed by atoms with van der Waals surface area (Å²) in [6.07, 6.45) is 2.96. The molecule has 1 spiro atoms. The van der Waals surface area contributed by atoms with Crippen LogP contribution in [0.25, 0.3) is 0 Å². The second kappa shape index (κ2) is 4.58. The number of ether oxygens (including phenoxy) is 2. The maximum absolute atomic E-state index is 12.8. The van der Waals surface area contributed by atoms with Crippen molar-refractivity contribution in [2.45, 2.75) is 65.1 Å². The van der Waals surface area contributed by atoms with Gasteiger partial charge in [-0.15, -0.1) is 0 Å². The van der Waals surface area contributed by atoms with Crippen molar-refractivity contribution in [3.8, 4) is 0 Å². The van der Waals surface area contributed by atoms with Crippen molar-refractivity contribution in [1.82, 2.24) is 0 Å². The molecule has 3 saturated carbocycles.